The van der Waals surface area contributed by atoms with E-state index in [1.165, 1.54) is 0 Å². The first-order valence-corrected chi connectivity index (χ1v) is 5.22. The minimum atomic E-state index is -1.42. The van der Waals surface area contributed by atoms with E-state index in [0.717, 1.165) is 0 Å². The van der Waals surface area contributed by atoms with E-state index in [9.17, 15) is 24.6 Å². The van der Waals surface area contributed by atoms with Crippen LogP contribution in [-0.2, 0) is 36.2 Å². The minimum absolute atomic E-state index is 0. The number of aliphatic carboxylic acids is 2. The molecule has 0 aromatic rings. The molecule has 0 saturated heterocycles. The van der Waals surface area contributed by atoms with Crippen molar-refractivity contribution in [1.29, 1.82) is 0 Å². The first-order valence-electron chi connectivity index (χ1n) is 5.22. The number of aliphatic hydroxyl groups excluding tert-OH is 4. The molecular formula is C10H12Cl2CuNa3O10. The molecule has 140 valence electrons. The zero-order valence-corrected chi connectivity index (χ0v) is 22.5. The van der Waals surface area contributed by atoms with Crippen LogP contribution in [-0.4, -0.2) is 57.1 Å². The smallest absolute Gasteiger partial charge is 1.00 e. The Hall–Kier alpha value is 1.77. The first kappa shape index (κ1) is 46.1. The molecule has 1 aliphatic heterocycles. The second-order valence-corrected chi connectivity index (χ2v) is 3.55. The van der Waals surface area contributed by atoms with Gasteiger partial charge in [0.2, 0.25) is 5.76 Å². The Bertz CT molecular complexity index is 427. The van der Waals surface area contributed by atoms with Crippen molar-refractivity contribution in [2.24, 2.45) is 0 Å². The van der Waals surface area contributed by atoms with E-state index in [2.05, 4.69) is 4.74 Å². The fourth-order valence-corrected chi connectivity index (χ4v) is 1.03. The Morgan fingerprint density at radius 1 is 1.04 bits per heavy atom. The summed E-state index contributed by atoms with van der Waals surface area (Å²) in [4.78, 5) is 29.5. The average molecular weight is 496 g/mol. The van der Waals surface area contributed by atoms with Gasteiger partial charge in [-0.2, -0.15) is 0 Å². The first-order chi connectivity index (χ1) is 9.20. The molecule has 0 fully saturated rings. The van der Waals surface area contributed by atoms with Crippen LogP contribution in [0.2, 0.25) is 0 Å². The topological polar surface area (TPSA) is 187 Å². The average Bonchev–Trinajstić information content (AvgIpc) is 2.64. The van der Waals surface area contributed by atoms with Gasteiger partial charge in [0, 0.05) is 11.9 Å². The maximum atomic E-state index is 10.5. The molecule has 0 unspecified atom stereocenters. The number of aliphatic hydroxyl groups is 4. The van der Waals surface area contributed by atoms with Gasteiger partial charge in [-0.15, -0.1) is 0 Å². The largest absolute Gasteiger partial charge is 1.00 e. The van der Waals surface area contributed by atoms with E-state index in [1.807, 2.05) is 0 Å². The standard InChI is InChI=1S/C6H8O6.C4H6O4.2ClH.Cu.3Na/c7-1-2(8)5-3(9)4(10)6(11)12-5;5-3(6)1-2-4(7)8;;;;;;/h2,5,7-10H,1H2;1-2H2,(H,5,6)(H,7,8);2*1H;;;;/q;;;;4*+1/p-4/t2-,5+;;;;;;;/m0......./s1. The number of carbonyl (C=O) groups excluding carboxylic acids is 3. The monoisotopic (exact) mass is 494 g/mol. The molecule has 0 aromatic heterocycles. The van der Waals surface area contributed by atoms with Gasteiger partial charge in [-0.25, -0.2) is 4.79 Å². The van der Waals surface area contributed by atoms with Crippen molar-refractivity contribution in [3.05, 3.63) is 11.5 Å². The molecule has 10 nitrogen and oxygen atoms in total. The molecule has 1 rings (SSSR count). The third-order valence-corrected chi connectivity index (χ3v) is 2.01. The normalized spacial score (nSPS) is 14.5. The van der Waals surface area contributed by atoms with Crippen LogP contribution in [0.5, 0.6) is 0 Å². The second kappa shape index (κ2) is 24.8. The molecule has 1 aliphatic rings. The summed E-state index contributed by atoms with van der Waals surface area (Å²) in [5.74, 6) is -5.51. The number of carboxylic acids is 2. The van der Waals surface area contributed by atoms with Crippen LogP contribution in [0.25, 0.3) is 0 Å². The van der Waals surface area contributed by atoms with Crippen LogP contribution < -0.4 is 124 Å². The van der Waals surface area contributed by atoms with Gasteiger partial charge in [-0.1, -0.05) is 0 Å². The maximum Gasteiger partial charge on any atom is 1.00 e. The summed E-state index contributed by atoms with van der Waals surface area (Å²) in [6.45, 7) is -0.671. The van der Waals surface area contributed by atoms with Gasteiger partial charge in [0.05, 0.1) is 6.61 Å². The molecule has 0 saturated carbocycles. The van der Waals surface area contributed by atoms with Gasteiger partial charge >= 0.3 is 112 Å². The Labute approximate surface area is 238 Å². The van der Waals surface area contributed by atoms with E-state index >= 15 is 0 Å². The van der Waals surface area contributed by atoms with Gasteiger partial charge in [0.15, 0.2) is 11.9 Å². The molecule has 0 amide bonds. The van der Waals surface area contributed by atoms with Crippen molar-refractivity contribution in [1.82, 2.24) is 0 Å². The Balaban J connectivity index is -0.0000000473. The van der Waals surface area contributed by atoms with E-state index in [4.69, 9.17) is 20.4 Å². The van der Waals surface area contributed by atoms with Crippen molar-refractivity contribution >= 4 is 17.9 Å². The Morgan fingerprint density at radius 3 is 1.58 bits per heavy atom. The van der Waals surface area contributed by atoms with Crippen LogP contribution in [0, 0.1) is 0 Å². The number of carbonyl (C=O) groups is 3. The number of hydrogen-bond acceptors (Lipinski definition) is 10. The summed E-state index contributed by atoms with van der Waals surface area (Å²) >= 11 is 0. The van der Waals surface area contributed by atoms with Crippen molar-refractivity contribution in [3.8, 4) is 0 Å². The molecule has 2 atom stereocenters. The van der Waals surface area contributed by atoms with Gasteiger partial charge in [-0.05, 0) is 12.8 Å². The number of esters is 1. The van der Waals surface area contributed by atoms with E-state index < -0.39 is 61.1 Å². The molecule has 16 heteroatoms. The Morgan fingerprint density at radius 2 is 1.38 bits per heavy atom. The minimum Gasteiger partial charge on any atom is -1.00 e. The number of cyclic esters (lactones) is 1. The van der Waals surface area contributed by atoms with Crippen molar-refractivity contribution in [2.75, 3.05) is 6.61 Å². The predicted octanol–water partition coefficient (Wildman–Crippen LogP) is -19.1. The molecule has 4 N–H and O–H groups in total. The quantitative estimate of drug-likeness (QED) is 0.211. The van der Waals surface area contributed by atoms with E-state index in [1.54, 1.807) is 0 Å². The third-order valence-electron chi connectivity index (χ3n) is 2.01. The number of ether oxygens (including phenoxy) is 1. The van der Waals surface area contributed by atoms with Gasteiger partial charge in [0.1, 0.15) is 6.10 Å². The number of carboxylic acid groups (broad SMARTS) is 2. The van der Waals surface area contributed by atoms with Gasteiger partial charge in [0.25, 0.3) is 0 Å². The Kier molecular flexibility index (Phi) is 44.0. The summed E-state index contributed by atoms with van der Waals surface area (Å²) < 4.78 is 4.32. The van der Waals surface area contributed by atoms with Gasteiger partial charge < -0.3 is 69.8 Å². The molecule has 26 heavy (non-hydrogen) atoms. The summed E-state index contributed by atoms with van der Waals surface area (Å²) in [7, 11) is 0. The van der Waals surface area contributed by atoms with Crippen LogP contribution in [0.3, 0.4) is 0 Å². The number of hydrogen-bond donors (Lipinski definition) is 4. The zero-order valence-electron chi connectivity index (χ0n) is 14.1. The predicted molar refractivity (Wildman–Crippen MR) is 54.5 cm³/mol. The fourth-order valence-electron chi connectivity index (χ4n) is 1.03. The molecule has 0 radical (unpaired) electrons. The molecule has 0 aliphatic carbocycles. The molecular weight excluding hydrogens is 484 g/mol. The van der Waals surface area contributed by atoms with E-state index in [-0.39, 0.29) is 131 Å². The maximum absolute atomic E-state index is 10.5. The van der Waals surface area contributed by atoms with Crippen molar-refractivity contribution in [3.63, 3.8) is 0 Å². The summed E-state index contributed by atoms with van der Waals surface area (Å²) in [6, 6.07) is 0. The van der Waals surface area contributed by atoms with Crippen LogP contribution in [0.4, 0.5) is 0 Å². The molecule has 1 heterocycles. The molecule has 0 bridgehead atoms. The molecule has 0 aromatic carbocycles. The summed E-state index contributed by atoms with van der Waals surface area (Å²) in [6.07, 6.45) is -3.72. The summed E-state index contributed by atoms with van der Waals surface area (Å²) in [5, 5.41) is 54.0. The fraction of sp³-hybridized carbons (Fsp3) is 0.500. The van der Waals surface area contributed by atoms with E-state index in [0.29, 0.717) is 0 Å². The van der Waals surface area contributed by atoms with Crippen LogP contribution >= 0.6 is 0 Å². The van der Waals surface area contributed by atoms with Gasteiger partial charge in [-0.3, -0.25) is 0 Å². The van der Waals surface area contributed by atoms with Crippen LogP contribution in [0.15, 0.2) is 11.5 Å². The zero-order chi connectivity index (χ0) is 15.9. The summed E-state index contributed by atoms with van der Waals surface area (Å²) in [5.41, 5.74) is 0. The van der Waals surface area contributed by atoms with Crippen molar-refractivity contribution in [2.45, 2.75) is 25.0 Å². The molecule has 0 spiro atoms. The number of rotatable bonds is 5. The third kappa shape index (κ3) is 19.1. The van der Waals surface area contributed by atoms with Crippen LogP contribution in [0.1, 0.15) is 12.8 Å². The number of halogens is 2. The SMILES string of the molecule is O=C([O-])CCC(=O)[O-].O=C1O[C@H]([C@@H](O)CO)C(O)=C1O.[Cl-].[Cl-].[Cu+].[Na+].[Na+].[Na+]. The van der Waals surface area contributed by atoms with Crippen molar-refractivity contribution < 1.29 is 180 Å². The second-order valence-electron chi connectivity index (χ2n) is 3.55.